The monoisotopic (exact) mass is 266 g/mol. The van der Waals surface area contributed by atoms with Crippen molar-refractivity contribution in [3.8, 4) is 0 Å². The Bertz CT molecular complexity index is 382. The molecule has 3 nitrogen and oxygen atoms in total. The number of nitrogens with zero attached hydrogens (tertiary/aromatic N) is 1. The van der Waals surface area contributed by atoms with Crippen LogP contribution in [0.4, 0.5) is 0 Å². The Labute approximate surface area is 115 Å². The summed E-state index contributed by atoms with van der Waals surface area (Å²) in [5.74, 6) is 0. The number of thiocarbonyl (C=S) groups is 1. The zero-order valence-electron chi connectivity index (χ0n) is 11.2. The first kappa shape index (κ1) is 15.1. The summed E-state index contributed by atoms with van der Waals surface area (Å²) in [6.45, 7) is 5.54. The molecule has 1 aromatic carbocycles. The molecule has 0 saturated carbocycles. The molecule has 0 radical (unpaired) electrons. The van der Waals surface area contributed by atoms with Crippen molar-refractivity contribution in [3.05, 3.63) is 35.4 Å². The van der Waals surface area contributed by atoms with E-state index in [-0.39, 0.29) is 0 Å². The number of hydrogen-bond acceptors (Lipinski definition) is 3. The summed E-state index contributed by atoms with van der Waals surface area (Å²) >= 11 is 4.98. The second kappa shape index (κ2) is 8.19. The van der Waals surface area contributed by atoms with Crippen molar-refractivity contribution in [1.82, 2.24) is 4.90 Å². The highest BCUT2D eigenvalue weighted by Crippen LogP contribution is 2.07. The summed E-state index contributed by atoms with van der Waals surface area (Å²) in [4.78, 5) is 2.68. The second-order valence-corrected chi connectivity index (χ2v) is 4.85. The lowest BCUT2D eigenvalue weighted by Crippen LogP contribution is -2.23. The first-order chi connectivity index (χ1) is 8.63. The van der Waals surface area contributed by atoms with E-state index >= 15 is 0 Å². The Hall–Kier alpha value is -0.970. The maximum Gasteiger partial charge on any atom is 0.103 e. The van der Waals surface area contributed by atoms with Gasteiger partial charge in [-0.25, -0.2) is 0 Å². The third-order valence-electron chi connectivity index (χ3n) is 2.63. The third kappa shape index (κ3) is 5.58. The average molecular weight is 266 g/mol. The predicted molar refractivity (Wildman–Crippen MR) is 79.8 cm³/mol. The summed E-state index contributed by atoms with van der Waals surface area (Å²) in [7, 11) is 2.09. The summed E-state index contributed by atoms with van der Waals surface area (Å²) in [6, 6.07) is 8.07. The largest absolute Gasteiger partial charge is 0.389 e. The first-order valence-corrected chi connectivity index (χ1v) is 6.69. The highest BCUT2D eigenvalue weighted by Gasteiger charge is 2.02. The summed E-state index contributed by atoms with van der Waals surface area (Å²) in [5, 5.41) is 0. The highest BCUT2D eigenvalue weighted by atomic mass is 32.1. The molecule has 100 valence electrons. The number of rotatable bonds is 8. The van der Waals surface area contributed by atoms with E-state index in [1.807, 2.05) is 18.2 Å². The topological polar surface area (TPSA) is 38.5 Å². The van der Waals surface area contributed by atoms with Crippen LogP contribution in [0.15, 0.2) is 24.3 Å². The van der Waals surface area contributed by atoms with Gasteiger partial charge in [-0.15, -0.1) is 0 Å². The normalized spacial score (nSPS) is 10.8. The van der Waals surface area contributed by atoms with E-state index in [0.29, 0.717) is 4.99 Å². The molecule has 0 aromatic heterocycles. The molecule has 0 aliphatic heterocycles. The molecule has 0 aliphatic carbocycles. The molecule has 1 rings (SSSR count). The summed E-state index contributed by atoms with van der Waals surface area (Å²) in [6.07, 6.45) is 1.07. The van der Waals surface area contributed by atoms with Crippen LogP contribution >= 0.6 is 12.2 Å². The first-order valence-electron chi connectivity index (χ1n) is 6.28. The van der Waals surface area contributed by atoms with Gasteiger partial charge in [-0.2, -0.15) is 0 Å². The van der Waals surface area contributed by atoms with E-state index in [4.69, 9.17) is 22.7 Å². The molecule has 0 spiro atoms. The fourth-order valence-electron chi connectivity index (χ4n) is 1.68. The molecule has 0 unspecified atom stereocenters. The minimum atomic E-state index is 0.450. The minimum Gasteiger partial charge on any atom is -0.389 e. The zero-order valence-corrected chi connectivity index (χ0v) is 12.0. The fourth-order valence-corrected chi connectivity index (χ4v) is 1.81. The lowest BCUT2D eigenvalue weighted by molar-refractivity contribution is 0.110. The molecule has 0 atom stereocenters. The number of hydrogen-bond donors (Lipinski definition) is 1. The molecule has 2 N–H and O–H groups in total. The van der Waals surface area contributed by atoms with Crippen LogP contribution in [-0.2, 0) is 11.3 Å². The molecule has 0 bridgehead atoms. The Morgan fingerprint density at radius 3 is 2.83 bits per heavy atom. The van der Waals surface area contributed by atoms with Crippen molar-refractivity contribution in [2.75, 3.05) is 26.8 Å². The van der Waals surface area contributed by atoms with Gasteiger partial charge in [-0.1, -0.05) is 37.3 Å². The molecule has 18 heavy (non-hydrogen) atoms. The van der Waals surface area contributed by atoms with Gasteiger partial charge < -0.3 is 10.5 Å². The standard InChI is InChI=1S/C14H22N2OS/c1-3-8-17-9-7-16(2)11-12-5-4-6-13(10-12)14(15)18/h4-6,10H,3,7-9,11H2,1-2H3,(H2,15,18). The Morgan fingerprint density at radius 1 is 1.39 bits per heavy atom. The van der Waals surface area contributed by atoms with Gasteiger partial charge in [0.05, 0.1) is 6.61 Å². The molecule has 1 aromatic rings. The van der Waals surface area contributed by atoms with Crippen LogP contribution in [0.2, 0.25) is 0 Å². The van der Waals surface area contributed by atoms with Gasteiger partial charge >= 0.3 is 0 Å². The van der Waals surface area contributed by atoms with E-state index in [1.165, 1.54) is 5.56 Å². The van der Waals surface area contributed by atoms with Crippen molar-refractivity contribution in [3.63, 3.8) is 0 Å². The molecule has 0 heterocycles. The predicted octanol–water partition coefficient (Wildman–Crippen LogP) is 2.18. The quantitative estimate of drug-likeness (QED) is 0.578. The molecule has 4 heteroatoms. The van der Waals surface area contributed by atoms with Crippen molar-refractivity contribution < 1.29 is 4.74 Å². The van der Waals surface area contributed by atoms with E-state index in [0.717, 1.165) is 38.3 Å². The van der Waals surface area contributed by atoms with E-state index in [1.54, 1.807) is 0 Å². The van der Waals surface area contributed by atoms with Crippen LogP contribution in [0, 0.1) is 0 Å². The fraction of sp³-hybridized carbons (Fsp3) is 0.500. The molecule has 0 saturated heterocycles. The highest BCUT2D eigenvalue weighted by molar-refractivity contribution is 7.80. The molecular weight excluding hydrogens is 244 g/mol. The Morgan fingerprint density at radius 2 is 2.17 bits per heavy atom. The summed E-state index contributed by atoms with van der Waals surface area (Å²) < 4.78 is 5.47. The van der Waals surface area contributed by atoms with Gasteiger partial charge in [0.1, 0.15) is 4.99 Å². The van der Waals surface area contributed by atoms with Gasteiger partial charge in [0.15, 0.2) is 0 Å². The number of nitrogens with two attached hydrogens (primary N) is 1. The van der Waals surface area contributed by atoms with E-state index < -0.39 is 0 Å². The second-order valence-electron chi connectivity index (χ2n) is 4.41. The van der Waals surface area contributed by atoms with Crippen molar-refractivity contribution >= 4 is 17.2 Å². The van der Waals surface area contributed by atoms with Crippen LogP contribution in [0.5, 0.6) is 0 Å². The smallest absolute Gasteiger partial charge is 0.103 e. The van der Waals surface area contributed by atoms with Gasteiger partial charge in [0.25, 0.3) is 0 Å². The van der Waals surface area contributed by atoms with Crippen LogP contribution in [-0.4, -0.2) is 36.7 Å². The van der Waals surface area contributed by atoms with Gasteiger partial charge in [-0.3, -0.25) is 4.90 Å². The lowest BCUT2D eigenvalue weighted by Gasteiger charge is -2.17. The van der Waals surface area contributed by atoms with Crippen LogP contribution in [0.25, 0.3) is 0 Å². The zero-order chi connectivity index (χ0) is 13.4. The van der Waals surface area contributed by atoms with Crippen LogP contribution in [0.1, 0.15) is 24.5 Å². The molecule has 0 amide bonds. The SMILES string of the molecule is CCCOCCN(C)Cc1cccc(C(N)=S)c1. The Balaban J connectivity index is 2.41. The summed E-state index contributed by atoms with van der Waals surface area (Å²) in [5.41, 5.74) is 7.77. The maximum atomic E-state index is 5.62. The third-order valence-corrected chi connectivity index (χ3v) is 2.87. The van der Waals surface area contributed by atoms with Crippen molar-refractivity contribution in [2.24, 2.45) is 5.73 Å². The maximum absolute atomic E-state index is 5.62. The number of benzene rings is 1. The van der Waals surface area contributed by atoms with E-state index in [9.17, 15) is 0 Å². The Kier molecular flexibility index (Phi) is 6.86. The van der Waals surface area contributed by atoms with Gasteiger partial charge in [0, 0.05) is 25.3 Å². The van der Waals surface area contributed by atoms with Crippen LogP contribution < -0.4 is 5.73 Å². The van der Waals surface area contributed by atoms with Crippen molar-refractivity contribution in [1.29, 1.82) is 0 Å². The molecule has 0 aliphatic rings. The van der Waals surface area contributed by atoms with Crippen molar-refractivity contribution in [2.45, 2.75) is 19.9 Å². The van der Waals surface area contributed by atoms with Gasteiger partial charge in [-0.05, 0) is 25.1 Å². The minimum absolute atomic E-state index is 0.450. The lowest BCUT2D eigenvalue weighted by atomic mass is 10.1. The molecule has 0 fully saturated rings. The van der Waals surface area contributed by atoms with E-state index in [2.05, 4.69) is 24.9 Å². The average Bonchev–Trinajstić information content (AvgIpc) is 2.35. The number of ether oxygens (including phenoxy) is 1. The number of likely N-dealkylation sites (N-methyl/N-ethyl adjacent to an activating group) is 1. The molecular formula is C14H22N2OS. The van der Waals surface area contributed by atoms with Crippen LogP contribution in [0.3, 0.4) is 0 Å². The van der Waals surface area contributed by atoms with Gasteiger partial charge in [0.2, 0.25) is 0 Å².